The lowest BCUT2D eigenvalue weighted by molar-refractivity contribution is 0.118. The number of hydrogen-bond acceptors (Lipinski definition) is 4. The highest BCUT2D eigenvalue weighted by molar-refractivity contribution is 5.16. The minimum atomic E-state index is 0.495. The molecule has 102 valence electrons. The minimum Gasteiger partial charge on any atom is -0.383 e. The Kier molecular flexibility index (Phi) is 6.86. The highest BCUT2D eigenvalue weighted by atomic mass is 16.5. The Labute approximate surface area is 110 Å². The van der Waals surface area contributed by atoms with Gasteiger partial charge in [0, 0.05) is 39.0 Å². The molecular weight excluding hydrogens is 226 g/mol. The monoisotopic (exact) mass is 251 g/mol. The quantitative estimate of drug-likeness (QED) is 0.765. The number of nitrogens with zero attached hydrogens (tertiary/aromatic N) is 2. The molecule has 0 aromatic carbocycles. The molecule has 1 unspecified atom stereocenters. The molecule has 0 bridgehead atoms. The second kappa shape index (κ2) is 8.19. The van der Waals surface area contributed by atoms with Crippen molar-refractivity contribution in [2.75, 3.05) is 20.3 Å². The maximum Gasteiger partial charge on any atom is 0.0589 e. The van der Waals surface area contributed by atoms with Crippen molar-refractivity contribution in [3.63, 3.8) is 0 Å². The standard InChI is InChI=1S/C14H25N3O/c1-4-12(2)17(7-8-18-3)11-13-5-6-16-14(9-13)10-15/h5-6,9,12H,4,7-8,10-11,15H2,1-3H3. The molecule has 4 nitrogen and oxygen atoms in total. The van der Waals surface area contributed by atoms with Gasteiger partial charge in [-0.05, 0) is 31.0 Å². The van der Waals surface area contributed by atoms with Crippen LogP contribution in [0.25, 0.3) is 0 Å². The summed E-state index contributed by atoms with van der Waals surface area (Å²) in [4.78, 5) is 6.65. The summed E-state index contributed by atoms with van der Waals surface area (Å²) in [5.74, 6) is 0. The first-order chi connectivity index (χ1) is 8.71. The van der Waals surface area contributed by atoms with Crippen molar-refractivity contribution in [2.24, 2.45) is 5.73 Å². The number of pyridine rings is 1. The summed E-state index contributed by atoms with van der Waals surface area (Å²) in [5, 5.41) is 0. The first kappa shape index (κ1) is 15.1. The van der Waals surface area contributed by atoms with Crippen LogP contribution in [0.4, 0.5) is 0 Å². The SMILES string of the molecule is CCC(C)N(CCOC)Cc1ccnc(CN)c1. The van der Waals surface area contributed by atoms with Crippen LogP contribution in [0, 0.1) is 0 Å². The van der Waals surface area contributed by atoms with Gasteiger partial charge in [0.1, 0.15) is 0 Å². The van der Waals surface area contributed by atoms with Gasteiger partial charge in [-0.1, -0.05) is 6.92 Å². The lowest BCUT2D eigenvalue weighted by atomic mass is 10.1. The first-order valence-electron chi connectivity index (χ1n) is 6.58. The van der Waals surface area contributed by atoms with Gasteiger partial charge >= 0.3 is 0 Å². The predicted molar refractivity (Wildman–Crippen MR) is 74.2 cm³/mol. The largest absolute Gasteiger partial charge is 0.383 e. The molecule has 1 aromatic rings. The van der Waals surface area contributed by atoms with E-state index in [2.05, 4.69) is 35.9 Å². The molecule has 0 amide bonds. The minimum absolute atomic E-state index is 0.495. The first-order valence-corrected chi connectivity index (χ1v) is 6.58. The Morgan fingerprint density at radius 3 is 2.89 bits per heavy atom. The van der Waals surface area contributed by atoms with Crippen molar-refractivity contribution in [1.29, 1.82) is 0 Å². The van der Waals surface area contributed by atoms with Gasteiger partial charge in [-0.15, -0.1) is 0 Å². The van der Waals surface area contributed by atoms with Crippen LogP contribution >= 0.6 is 0 Å². The van der Waals surface area contributed by atoms with Crippen molar-refractivity contribution in [3.8, 4) is 0 Å². The molecule has 4 heteroatoms. The predicted octanol–water partition coefficient (Wildman–Crippen LogP) is 1.79. The second-order valence-electron chi connectivity index (χ2n) is 4.58. The number of aromatic nitrogens is 1. The fraction of sp³-hybridized carbons (Fsp3) is 0.643. The number of rotatable bonds is 8. The van der Waals surface area contributed by atoms with Gasteiger partial charge in [0.15, 0.2) is 0 Å². The summed E-state index contributed by atoms with van der Waals surface area (Å²) in [5.41, 5.74) is 7.83. The zero-order valence-electron chi connectivity index (χ0n) is 11.7. The van der Waals surface area contributed by atoms with Gasteiger partial charge < -0.3 is 10.5 Å². The number of hydrogen-bond donors (Lipinski definition) is 1. The van der Waals surface area contributed by atoms with Gasteiger partial charge in [-0.3, -0.25) is 9.88 Å². The van der Waals surface area contributed by atoms with Crippen molar-refractivity contribution in [3.05, 3.63) is 29.6 Å². The molecule has 0 saturated heterocycles. The lowest BCUT2D eigenvalue weighted by Crippen LogP contribution is -2.34. The molecule has 0 aliphatic rings. The van der Waals surface area contributed by atoms with Crippen LogP contribution in [0.5, 0.6) is 0 Å². The van der Waals surface area contributed by atoms with Gasteiger partial charge in [-0.2, -0.15) is 0 Å². The summed E-state index contributed by atoms with van der Waals surface area (Å²) in [7, 11) is 1.74. The van der Waals surface area contributed by atoms with E-state index in [1.807, 2.05) is 6.20 Å². The molecule has 1 rings (SSSR count). The molecule has 18 heavy (non-hydrogen) atoms. The molecule has 0 aliphatic carbocycles. The van der Waals surface area contributed by atoms with Crippen LogP contribution in [-0.2, 0) is 17.8 Å². The fourth-order valence-corrected chi connectivity index (χ4v) is 1.89. The summed E-state index contributed by atoms with van der Waals surface area (Å²) < 4.78 is 5.18. The molecule has 0 saturated carbocycles. The molecule has 0 radical (unpaired) electrons. The Morgan fingerprint density at radius 1 is 1.50 bits per heavy atom. The fourth-order valence-electron chi connectivity index (χ4n) is 1.89. The van der Waals surface area contributed by atoms with Crippen LogP contribution in [0.15, 0.2) is 18.3 Å². The van der Waals surface area contributed by atoms with Crippen molar-refractivity contribution < 1.29 is 4.74 Å². The van der Waals surface area contributed by atoms with E-state index in [9.17, 15) is 0 Å². The van der Waals surface area contributed by atoms with E-state index in [1.165, 1.54) is 5.56 Å². The van der Waals surface area contributed by atoms with E-state index in [-0.39, 0.29) is 0 Å². The van der Waals surface area contributed by atoms with Gasteiger partial charge in [0.2, 0.25) is 0 Å². The summed E-state index contributed by atoms with van der Waals surface area (Å²) >= 11 is 0. The molecule has 1 atom stereocenters. The molecule has 2 N–H and O–H groups in total. The number of nitrogens with two attached hydrogens (primary N) is 1. The maximum absolute atomic E-state index is 5.62. The van der Waals surface area contributed by atoms with Crippen LogP contribution in [-0.4, -0.2) is 36.2 Å². The molecule has 0 spiro atoms. The van der Waals surface area contributed by atoms with Gasteiger partial charge in [0.25, 0.3) is 0 Å². The Morgan fingerprint density at radius 2 is 2.28 bits per heavy atom. The third-order valence-corrected chi connectivity index (χ3v) is 3.27. The number of methoxy groups -OCH3 is 1. The zero-order chi connectivity index (χ0) is 13.4. The topological polar surface area (TPSA) is 51.4 Å². The van der Waals surface area contributed by atoms with Crippen LogP contribution in [0.1, 0.15) is 31.5 Å². The van der Waals surface area contributed by atoms with Gasteiger partial charge in [0.05, 0.1) is 12.3 Å². The Balaban J connectivity index is 2.68. The van der Waals surface area contributed by atoms with E-state index in [1.54, 1.807) is 7.11 Å². The van der Waals surface area contributed by atoms with Gasteiger partial charge in [-0.25, -0.2) is 0 Å². The smallest absolute Gasteiger partial charge is 0.0589 e. The third-order valence-electron chi connectivity index (χ3n) is 3.27. The van der Waals surface area contributed by atoms with E-state index < -0.39 is 0 Å². The normalized spacial score (nSPS) is 12.9. The molecule has 1 heterocycles. The Bertz CT molecular complexity index is 344. The van der Waals surface area contributed by atoms with E-state index in [0.717, 1.165) is 31.8 Å². The summed E-state index contributed by atoms with van der Waals surface area (Å²) in [6, 6.07) is 4.69. The van der Waals surface area contributed by atoms with E-state index >= 15 is 0 Å². The second-order valence-corrected chi connectivity index (χ2v) is 4.58. The van der Waals surface area contributed by atoms with Crippen LogP contribution in [0.3, 0.4) is 0 Å². The molecular formula is C14H25N3O. The van der Waals surface area contributed by atoms with Crippen LogP contribution < -0.4 is 5.73 Å². The maximum atomic E-state index is 5.62. The highest BCUT2D eigenvalue weighted by Gasteiger charge is 2.12. The molecule has 1 aromatic heterocycles. The van der Waals surface area contributed by atoms with Crippen molar-refractivity contribution in [2.45, 2.75) is 39.4 Å². The summed E-state index contributed by atoms with van der Waals surface area (Å²) in [6.07, 6.45) is 2.97. The van der Waals surface area contributed by atoms with E-state index in [0.29, 0.717) is 12.6 Å². The Hall–Kier alpha value is -0.970. The zero-order valence-corrected chi connectivity index (χ0v) is 11.7. The average molecular weight is 251 g/mol. The van der Waals surface area contributed by atoms with E-state index in [4.69, 9.17) is 10.5 Å². The molecule has 0 aliphatic heterocycles. The van der Waals surface area contributed by atoms with Crippen molar-refractivity contribution in [1.82, 2.24) is 9.88 Å². The number of ether oxygens (including phenoxy) is 1. The highest BCUT2D eigenvalue weighted by Crippen LogP contribution is 2.11. The molecule has 0 fully saturated rings. The van der Waals surface area contributed by atoms with Crippen molar-refractivity contribution >= 4 is 0 Å². The van der Waals surface area contributed by atoms with Crippen LogP contribution in [0.2, 0.25) is 0 Å². The third kappa shape index (κ3) is 4.72. The summed E-state index contributed by atoms with van der Waals surface area (Å²) in [6.45, 7) is 7.59. The average Bonchev–Trinajstić information content (AvgIpc) is 2.42. The lowest BCUT2D eigenvalue weighted by Gasteiger charge is -2.28.